The molecule has 0 unspecified atom stereocenters. The summed E-state index contributed by atoms with van der Waals surface area (Å²) in [6.45, 7) is 32.3. The van der Waals surface area contributed by atoms with Gasteiger partial charge in [-0.15, -0.1) is 0 Å². The quantitative estimate of drug-likeness (QED) is 0.0185. The van der Waals surface area contributed by atoms with Crippen molar-refractivity contribution in [3.05, 3.63) is 290 Å². The molecule has 3 aromatic carbocycles. The average molecular weight is 2130 g/mol. The molecule has 0 spiro atoms. The molecule has 7 aromatic heterocycles. The van der Waals surface area contributed by atoms with Crippen LogP contribution in [0, 0.1) is 38.7 Å². The van der Waals surface area contributed by atoms with E-state index in [1.165, 1.54) is 43.5 Å². The van der Waals surface area contributed by atoms with Crippen molar-refractivity contribution in [2.24, 2.45) is 0 Å². The number of ether oxygens (including phenoxy) is 6. The minimum absolute atomic E-state index is 0. The first-order chi connectivity index (χ1) is 64.8. The Morgan fingerprint density at radius 3 is 1.06 bits per heavy atom. The topological polar surface area (TPSA) is 324 Å². The predicted octanol–water partition coefficient (Wildman–Crippen LogP) is 14.5. The first kappa shape index (κ1) is 118. The second-order valence-corrected chi connectivity index (χ2v) is 38.7. The molecule has 0 bridgehead atoms. The van der Waals surface area contributed by atoms with Crippen molar-refractivity contribution in [2.75, 3.05) is 61.0 Å². The summed E-state index contributed by atoms with van der Waals surface area (Å²) in [6.07, 6.45) is 1.50. The third-order valence-electron chi connectivity index (χ3n) is 25.6. The SMILES string of the molecule is CC1(C)OB(B2OC(C)(C)C(C)(C)O2)OC1(C)C.COC(=O)c1cc(C(F)(F)F)ncc1B1OC(C)(C)C(C)(C)O1.COC(=O)c1cc(C(F)(F)F)ncc1Br.COC(=O)c1cc(C)ncc1-c1ccc(C2(C(=O)Cc3ccc(F)cc3)COC2)cn1.Cc1cc(C(C)(C)O)c(-c2ccc(C3(C(=O)Cc4ccc(F)cc4)COC3)cn2)cn1.O=C(Cc1ccc(F)cc1)C1(c2ccc(Cl)nc2)COC1.[Br-].[CH3-].[Mg+2]. The minimum atomic E-state index is -4.67. The van der Waals surface area contributed by atoms with Gasteiger partial charge in [0.15, 0.2) is 17.3 Å². The Hall–Kier alpha value is -9.69. The number of aliphatic hydroxyl groups is 1. The van der Waals surface area contributed by atoms with E-state index in [9.17, 15) is 73.4 Å². The summed E-state index contributed by atoms with van der Waals surface area (Å²) < 4.78 is 180. The number of esters is 3. The number of alkyl halides is 6. The largest absolute Gasteiger partial charge is 2.00 e. The van der Waals surface area contributed by atoms with Crippen molar-refractivity contribution in [3.8, 4) is 22.5 Å². The number of hydrogen-bond donors (Lipinski definition) is 1. The summed E-state index contributed by atoms with van der Waals surface area (Å²) in [5.74, 6) is -3.15. The number of carbonyl (C=O) groups is 6. The predicted molar refractivity (Wildman–Crippen MR) is 512 cm³/mol. The van der Waals surface area contributed by atoms with Gasteiger partial charge in [-0.2, -0.15) is 26.3 Å². The fourth-order valence-corrected chi connectivity index (χ4v) is 15.3. The number of hydrogen-bond acceptors (Lipinski definition) is 26. The van der Waals surface area contributed by atoms with Gasteiger partial charge in [-0.05, 0) is 245 Å². The molecule has 0 aliphatic carbocycles. The number of carbonyl (C=O) groups excluding carboxylic acids is 6. The molecule has 1 N–H and O–H groups in total. The molecule has 142 heavy (non-hydrogen) atoms. The fourth-order valence-electron chi connectivity index (χ4n) is 14.8. The van der Waals surface area contributed by atoms with E-state index >= 15 is 0 Å². The molecule has 16 rings (SSSR count). The maximum atomic E-state index is 13.2. The Bertz CT molecular complexity index is 6030. The van der Waals surface area contributed by atoms with Crippen LogP contribution in [0.25, 0.3) is 22.5 Å². The van der Waals surface area contributed by atoms with Crippen molar-refractivity contribution >= 4 is 112 Å². The average Bonchev–Trinajstić information content (AvgIpc) is 1.59. The fraction of sp³-hybridized carbons (Fsp3) is 0.400. The molecule has 13 heterocycles. The molecule has 6 fully saturated rings. The van der Waals surface area contributed by atoms with Crippen molar-refractivity contribution in [1.82, 2.24) is 34.9 Å². The van der Waals surface area contributed by atoms with E-state index in [1.807, 2.05) is 86.6 Å². The van der Waals surface area contributed by atoms with Crippen molar-refractivity contribution in [1.29, 1.82) is 0 Å². The summed E-state index contributed by atoms with van der Waals surface area (Å²) in [7, 11) is 1.54. The van der Waals surface area contributed by atoms with Gasteiger partial charge in [0.25, 0.3) is 0 Å². The molecule has 0 saturated carbocycles. The van der Waals surface area contributed by atoms with Crippen LogP contribution in [0.4, 0.5) is 39.5 Å². The normalized spacial score (nSPS) is 17.4. The third-order valence-corrected chi connectivity index (χ3v) is 26.4. The van der Waals surface area contributed by atoms with E-state index in [1.54, 1.807) is 140 Å². The smallest absolute Gasteiger partial charge is 1.00 e. The number of aryl methyl sites for hydroxylation is 2. The Kier molecular flexibility index (Phi) is 38.7. The van der Waals surface area contributed by atoms with Crippen molar-refractivity contribution < 1.29 is 147 Å². The molecule has 42 heteroatoms. The van der Waals surface area contributed by atoms with Gasteiger partial charge >= 0.3 is 74.5 Å². The van der Waals surface area contributed by atoms with Gasteiger partial charge in [-0.3, -0.25) is 44.3 Å². The summed E-state index contributed by atoms with van der Waals surface area (Å²) in [5.41, 5.74) is 1.03. The number of ketones is 3. The number of aromatic nitrogens is 7. The van der Waals surface area contributed by atoms with Crippen LogP contribution < -0.4 is 22.4 Å². The van der Waals surface area contributed by atoms with Gasteiger partial charge in [0, 0.05) is 90.6 Å². The van der Waals surface area contributed by atoms with Crippen LogP contribution in [-0.2, 0) is 124 Å². The molecule has 6 aliphatic heterocycles. The maximum absolute atomic E-state index is 13.2. The number of halogens is 12. The summed E-state index contributed by atoms with van der Waals surface area (Å²) in [4.78, 5) is 102. The minimum Gasteiger partial charge on any atom is -1.00 e. The molecular formula is C100H108B3Br2ClF9MgN7O19. The van der Waals surface area contributed by atoms with Gasteiger partial charge in [0.1, 0.15) is 50.2 Å². The van der Waals surface area contributed by atoms with E-state index in [0.717, 1.165) is 76.8 Å². The standard InChI is InChI=1S/C25H25FN2O3.C24H21FN2O4.C16H13ClFNO2.C14H17BF3NO4.C12H24B2O4.C8H5BrF3NO2.CH3.BrH.Mg/c1-16-10-21(24(2,3)30)20(13-27-16)22-9-6-18(12-28-22)25(14-31-15-25)23(29)11-17-4-7-19(26)8-5-17;1-15-9-19(23(29)30-2)20(12-26-15)21-8-5-17(11-27-21)24(13-31-14-24)22(28)10-16-3-6-18(25)7-4-16;17-15-6-3-12(8-19-15)16(9-21-10-16)14(20)7-11-1-4-13(18)5-2-11;1-12(2)13(3,4)23-15(22-12)9-7-19-10(14(16,17)18)6-8(9)11(20)21-5;1-9(2)10(3,4)16-13(15-9)14-17-11(5,6)12(7,8)18-14;1-15-7(14)4-2-6(8(10,11)12)13-3-5(4)9;;;/h4-10,12-13,30H,11,14-15H2,1-3H3;3-9,11-12H,10,13-14H2,1-2H3;1-6,8H,7,9-10H2;6-7H,1-5H3;1-8H3;2-3H,1H3;1H3;1H;/q;;;;;;-1;;+2/p-1. The number of rotatable bonds is 20. The summed E-state index contributed by atoms with van der Waals surface area (Å²) in [6, 6.07) is 33.5. The molecule has 0 atom stereocenters. The number of nitrogens with zero attached hydrogens (tertiary/aromatic N) is 7. The summed E-state index contributed by atoms with van der Waals surface area (Å²) in [5, 5.41) is 11.0. The second-order valence-electron chi connectivity index (χ2n) is 37.5. The zero-order valence-electron chi connectivity index (χ0n) is 82.0. The van der Waals surface area contributed by atoms with Crippen LogP contribution in [0.3, 0.4) is 0 Å². The Balaban J connectivity index is 0.000000211. The van der Waals surface area contributed by atoms with Gasteiger partial charge < -0.3 is 85.9 Å². The van der Waals surface area contributed by atoms with Gasteiger partial charge in [-0.1, -0.05) is 66.2 Å². The van der Waals surface area contributed by atoms with E-state index in [0.29, 0.717) is 71.9 Å². The van der Waals surface area contributed by atoms with Gasteiger partial charge in [0.05, 0.1) is 133 Å². The number of pyridine rings is 7. The monoisotopic (exact) mass is 2130 g/mol. The Morgan fingerprint density at radius 1 is 0.415 bits per heavy atom. The van der Waals surface area contributed by atoms with Crippen LogP contribution in [-0.4, -0.2) is 214 Å². The summed E-state index contributed by atoms with van der Waals surface area (Å²) >= 11 is 8.69. The van der Waals surface area contributed by atoms with E-state index in [4.69, 9.17) is 58.5 Å². The van der Waals surface area contributed by atoms with Crippen LogP contribution in [0.2, 0.25) is 5.15 Å². The Morgan fingerprint density at radius 2 is 0.732 bits per heavy atom. The molecule has 10 aromatic rings. The zero-order chi connectivity index (χ0) is 102. The molecule has 752 valence electrons. The molecule has 26 nitrogen and oxygen atoms in total. The van der Waals surface area contributed by atoms with E-state index in [2.05, 4.69) is 60.3 Å². The first-order valence-corrected chi connectivity index (χ1v) is 44.9. The zero-order valence-corrected chi connectivity index (χ0v) is 87.4. The molecule has 0 amide bonds. The van der Waals surface area contributed by atoms with Crippen LogP contribution in [0.1, 0.15) is 190 Å². The van der Waals surface area contributed by atoms with Crippen LogP contribution in [0.5, 0.6) is 0 Å². The first-order valence-electron chi connectivity index (χ1n) is 43.7. The Labute approximate surface area is 859 Å². The number of benzene rings is 3. The maximum Gasteiger partial charge on any atom is 2.00 e. The van der Waals surface area contributed by atoms with E-state index in [-0.39, 0.29) is 158 Å². The molecule has 6 aliphatic rings. The van der Waals surface area contributed by atoms with E-state index < -0.39 is 95.8 Å². The van der Waals surface area contributed by atoms with Crippen LogP contribution in [0.15, 0.2) is 181 Å². The third kappa shape index (κ3) is 27.1. The molecule has 0 radical (unpaired) electrons. The van der Waals surface area contributed by atoms with Crippen molar-refractivity contribution in [2.45, 2.75) is 198 Å². The number of methoxy groups -OCH3 is 3. The number of Topliss-reactive ketones (excluding diaryl/α,β-unsaturated/α-hetero) is 3. The molecule has 6 saturated heterocycles. The van der Waals surface area contributed by atoms with Gasteiger partial charge in [0.2, 0.25) is 0 Å². The van der Waals surface area contributed by atoms with Gasteiger partial charge in [-0.25, -0.2) is 32.5 Å². The van der Waals surface area contributed by atoms with Crippen LogP contribution >= 0.6 is 27.5 Å². The second kappa shape index (κ2) is 46.8. The van der Waals surface area contributed by atoms with Crippen molar-refractivity contribution in [3.63, 3.8) is 0 Å². The molecular weight excluding hydrogens is 2030 g/mol.